The van der Waals surface area contributed by atoms with Crippen LogP contribution in [0.15, 0.2) is 36.0 Å². The van der Waals surface area contributed by atoms with E-state index in [2.05, 4.69) is 69.1 Å². The first-order valence-electron chi connectivity index (χ1n) is 7.77. The van der Waals surface area contributed by atoms with Crippen molar-refractivity contribution in [2.45, 2.75) is 0 Å². The van der Waals surface area contributed by atoms with Gasteiger partial charge in [0.15, 0.2) is 5.82 Å². The highest BCUT2D eigenvalue weighted by atomic mass is 32.1. The number of fused-ring (bicyclic) bond motifs is 3. The molecular formula is C17H18N6S. The number of likely N-dealkylation sites (N-methyl/N-ethyl adjacent to an activating group) is 1. The minimum Gasteiger partial charge on any atom is -0.368 e. The summed E-state index contributed by atoms with van der Waals surface area (Å²) >= 11 is 1.75. The number of anilines is 1. The molecule has 0 spiro atoms. The highest BCUT2D eigenvalue weighted by molar-refractivity contribution is 7.18. The number of aromatic nitrogens is 4. The second-order valence-electron chi connectivity index (χ2n) is 5.92. The third-order valence-corrected chi connectivity index (χ3v) is 4.88. The van der Waals surface area contributed by atoms with Gasteiger partial charge in [0.1, 0.15) is 12.1 Å². The van der Waals surface area contributed by atoms with Crippen molar-refractivity contribution in [2.24, 2.45) is 0 Å². The molecule has 0 fully saturated rings. The highest BCUT2D eigenvalue weighted by Crippen LogP contribution is 2.34. The fourth-order valence-corrected chi connectivity index (χ4v) is 3.66. The molecule has 0 bridgehead atoms. The SMILES string of the molecule is CN(C)CCNc1nc2cc(-c3ncn[nH]3)ccc2c2sccc12. The van der Waals surface area contributed by atoms with Gasteiger partial charge >= 0.3 is 0 Å². The smallest absolute Gasteiger partial charge is 0.155 e. The first-order valence-corrected chi connectivity index (χ1v) is 8.65. The molecular weight excluding hydrogens is 320 g/mol. The van der Waals surface area contributed by atoms with Crippen LogP contribution < -0.4 is 5.32 Å². The summed E-state index contributed by atoms with van der Waals surface area (Å²) in [5, 5.41) is 14.8. The predicted octanol–water partition coefficient (Wildman–Crippen LogP) is 3.21. The van der Waals surface area contributed by atoms with Gasteiger partial charge in [-0.2, -0.15) is 5.10 Å². The maximum Gasteiger partial charge on any atom is 0.155 e. The van der Waals surface area contributed by atoms with Gasteiger partial charge in [0, 0.05) is 34.1 Å². The van der Waals surface area contributed by atoms with Gasteiger partial charge < -0.3 is 10.2 Å². The maximum atomic E-state index is 4.86. The Morgan fingerprint density at radius 3 is 2.92 bits per heavy atom. The van der Waals surface area contributed by atoms with E-state index in [1.165, 1.54) is 21.8 Å². The molecule has 4 aromatic rings. The summed E-state index contributed by atoms with van der Waals surface area (Å²) in [5.41, 5.74) is 1.95. The molecule has 0 aliphatic rings. The Bertz CT molecular complexity index is 974. The number of nitrogens with zero attached hydrogens (tertiary/aromatic N) is 4. The lowest BCUT2D eigenvalue weighted by atomic mass is 10.1. The van der Waals surface area contributed by atoms with Crippen molar-refractivity contribution in [1.82, 2.24) is 25.1 Å². The third-order valence-electron chi connectivity index (χ3n) is 3.93. The van der Waals surface area contributed by atoms with Crippen LogP contribution in [0.1, 0.15) is 0 Å². The third kappa shape index (κ3) is 2.72. The molecule has 0 radical (unpaired) electrons. The van der Waals surface area contributed by atoms with Crippen molar-refractivity contribution in [3.63, 3.8) is 0 Å². The lowest BCUT2D eigenvalue weighted by Gasteiger charge is -2.12. The Labute approximate surface area is 143 Å². The highest BCUT2D eigenvalue weighted by Gasteiger charge is 2.11. The van der Waals surface area contributed by atoms with E-state index in [9.17, 15) is 0 Å². The van der Waals surface area contributed by atoms with E-state index in [0.29, 0.717) is 0 Å². The maximum absolute atomic E-state index is 4.86. The Morgan fingerprint density at radius 2 is 2.12 bits per heavy atom. The van der Waals surface area contributed by atoms with Crippen LogP contribution in [0, 0.1) is 0 Å². The van der Waals surface area contributed by atoms with Crippen molar-refractivity contribution < 1.29 is 0 Å². The number of benzene rings is 1. The largest absolute Gasteiger partial charge is 0.368 e. The summed E-state index contributed by atoms with van der Waals surface area (Å²) in [6, 6.07) is 8.37. The molecule has 0 aliphatic heterocycles. The topological polar surface area (TPSA) is 69.7 Å². The van der Waals surface area contributed by atoms with Gasteiger partial charge in [-0.05, 0) is 31.6 Å². The molecule has 4 rings (SSSR count). The minimum absolute atomic E-state index is 0.757. The van der Waals surface area contributed by atoms with Crippen LogP contribution >= 0.6 is 11.3 Å². The van der Waals surface area contributed by atoms with Gasteiger partial charge in [0.05, 0.1) is 5.52 Å². The van der Waals surface area contributed by atoms with E-state index in [1.54, 1.807) is 11.3 Å². The van der Waals surface area contributed by atoms with E-state index >= 15 is 0 Å². The number of nitrogens with one attached hydrogen (secondary N) is 2. The molecule has 7 heteroatoms. The summed E-state index contributed by atoms with van der Waals surface area (Å²) in [6.07, 6.45) is 1.52. The number of pyridine rings is 1. The normalized spacial score (nSPS) is 11.6. The summed E-state index contributed by atoms with van der Waals surface area (Å²) in [4.78, 5) is 11.2. The summed E-state index contributed by atoms with van der Waals surface area (Å²) in [7, 11) is 4.14. The molecule has 0 unspecified atom stereocenters. The number of H-pyrrole nitrogens is 1. The zero-order valence-corrected chi connectivity index (χ0v) is 14.4. The van der Waals surface area contributed by atoms with Crippen LogP contribution in [0.3, 0.4) is 0 Å². The number of aromatic amines is 1. The number of thiophene rings is 1. The lowest BCUT2D eigenvalue weighted by molar-refractivity contribution is 0.425. The molecule has 0 aliphatic carbocycles. The van der Waals surface area contributed by atoms with Gasteiger partial charge in [-0.25, -0.2) is 9.97 Å². The Kier molecular flexibility index (Phi) is 3.87. The van der Waals surface area contributed by atoms with Crippen LogP contribution in [0.4, 0.5) is 5.82 Å². The fourth-order valence-electron chi connectivity index (χ4n) is 2.73. The summed E-state index contributed by atoms with van der Waals surface area (Å²) in [6.45, 7) is 1.82. The van der Waals surface area contributed by atoms with E-state index in [1.807, 2.05) is 0 Å². The molecule has 6 nitrogen and oxygen atoms in total. The fraction of sp³-hybridized carbons (Fsp3) is 0.235. The van der Waals surface area contributed by atoms with Gasteiger partial charge in [-0.1, -0.05) is 12.1 Å². The van der Waals surface area contributed by atoms with Gasteiger partial charge in [-0.15, -0.1) is 11.3 Å². The standard InChI is InChI=1S/C17H18N6S/c1-23(2)7-6-18-17-13-5-8-24-15(13)12-4-3-11(9-14(12)21-17)16-19-10-20-22-16/h3-5,8-10H,6-7H2,1-2H3,(H,18,21)(H,19,20,22). The van der Waals surface area contributed by atoms with Crippen LogP contribution in [0.5, 0.6) is 0 Å². The Hall–Kier alpha value is -2.51. The number of hydrogen-bond acceptors (Lipinski definition) is 6. The average molecular weight is 338 g/mol. The molecule has 3 heterocycles. The first kappa shape index (κ1) is 15.0. The van der Waals surface area contributed by atoms with Crippen LogP contribution in [-0.2, 0) is 0 Å². The molecule has 3 aromatic heterocycles. The molecule has 122 valence electrons. The lowest BCUT2D eigenvalue weighted by Crippen LogP contribution is -2.21. The predicted molar refractivity (Wildman–Crippen MR) is 99.5 cm³/mol. The van der Waals surface area contributed by atoms with Gasteiger partial charge in [0.25, 0.3) is 0 Å². The van der Waals surface area contributed by atoms with Crippen LogP contribution in [0.2, 0.25) is 0 Å². The molecule has 0 amide bonds. The van der Waals surface area contributed by atoms with Crippen molar-refractivity contribution >= 4 is 38.1 Å². The minimum atomic E-state index is 0.757. The molecule has 24 heavy (non-hydrogen) atoms. The monoisotopic (exact) mass is 338 g/mol. The van der Waals surface area contributed by atoms with Gasteiger partial charge in [0.2, 0.25) is 0 Å². The summed E-state index contributed by atoms with van der Waals surface area (Å²) in [5.74, 6) is 1.70. The van der Waals surface area contributed by atoms with Crippen LogP contribution in [-0.4, -0.2) is 52.3 Å². The number of hydrogen-bond donors (Lipinski definition) is 2. The van der Waals surface area contributed by atoms with E-state index in [0.717, 1.165) is 35.8 Å². The summed E-state index contributed by atoms with van der Waals surface area (Å²) < 4.78 is 1.26. The molecule has 0 saturated heterocycles. The molecule has 0 atom stereocenters. The van der Waals surface area contributed by atoms with E-state index in [-0.39, 0.29) is 0 Å². The first-order chi connectivity index (χ1) is 11.7. The van der Waals surface area contributed by atoms with Crippen LogP contribution in [0.25, 0.3) is 32.4 Å². The zero-order chi connectivity index (χ0) is 16.5. The zero-order valence-electron chi connectivity index (χ0n) is 13.6. The Morgan fingerprint density at radius 1 is 1.21 bits per heavy atom. The molecule has 1 aromatic carbocycles. The van der Waals surface area contributed by atoms with Crippen molar-refractivity contribution in [3.8, 4) is 11.4 Å². The second kappa shape index (κ2) is 6.18. The second-order valence-corrected chi connectivity index (χ2v) is 6.84. The van der Waals surface area contributed by atoms with Gasteiger partial charge in [-0.3, -0.25) is 5.10 Å². The Balaban J connectivity index is 1.80. The number of rotatable bonds is 5. The quantitative estimate of drug-likeness (QED) is 0.585. The molecule has 2 N–H and O–H groups in total. The van der Waals surface area contributed by atoms with Crippen molar-refractivity contribution in [2.75, 3.05) is 32.5 Å². The molecule has 0 saturated carbocycles. The van der Waals surface area contributed by atoms with E-state index < -0.39 is 0 Å². The van der Waals surface area contributed by atoms with E-state index in [4.69, 9.17) is 4.98 Å². The van der Waals surface area contributed by atoms with Crippen molar-refractivity contribution in [3.05, 3.63) is 36.0 Å². The average Bonchev–Trinajstić information content (AvgIpc) is 3.26. The van der Waals surface area contributed by atoms with Crippen molar-refractivity contribution in [1.29, 1.82) is 0 Å².